The van der Waals surface area contributed by atoms with Crippen molar-refractivity contribution in [3.63, 3.8) is 0 Å². The third kappa shape index (κ3) is 3.08. The highest BCUT2D eigenvalue weighted by atomic mass is 32.2. The van der Waals surface area contributed by atoms with Gasteiger partial charge in [-0.3, -0.25) is 4.18 Å². The van der Waals surface area contributed by atoms with Gasteiger partial charge >= 0.3 is 0 Å². The number of hydrogen-bond donors (Lipinski definition) is 0. The summed E-state index contributed by atoms with van der Waals surface area (Å²) < 4.78 is 31.3. The van der Waals surface area contributed by atoms with E-state index in [0.29, 0.717) is 6.42 Å². The van der Waals surface area contributed by atoms with Crippen molar-refractivity contribution in [2.24, 2.45) is 0 Å². The van der Waals surface area contributed by atoms with E-state index >= 15 is 0 Å². The van der Waals surface area contributed by atoms with E-state index in [1.165, 1.54) is 0 Å². The molecule has 1 fully saturated rings. The van der Waals surface area contributed by atoms with Gasteiger partial charge in [0.1, 0.15) is 0 Å². The lowest BCUT2D eigenvalue weighted by atomic mass is 10.3. The van der Waals surface area contributed by atoms with Crippen LogP contribution in [-0.2, 0) is 19.0 Å². The molecule has 0 spiro atoms. The Morgan fingerprint density at radius 1 is 1.25 bits per heavy atom. The van der Waals surface area contributed by atoms with E-state index < -0.39 is 10.1 Å². The summed E-state index contributed by atoms with van der Waals surface area (Å²) in [4.78, 5) is 0. The molecule has 0 aromatic heterocycles. The second-order valence-corrected chi connectivity index (χ2v) is 4.69. The van der Waals surface area contributed by atoms with Crippen molar-refractivity contribution in [1.29, 1.82) is 0 Å². The number of hydrogen-bond acceptors (Lipinski definition) is 4. The highest BCUT2D eigenvalue weighted by molar-refractivity contribution is 7.86. The fourth-order valence-electron chi connectivity index (χ4n) is 1.45. The van der Waals surface area contributed by atoms with Crippen molar-refractivity contribution >= 4 is 10.1 Å². The van der Waals surface area contributed by atoms with Crippen LogP contribution in [0.1, 0.15) is 19.3 Å². The maximum Gasteiger partial charge on any atom is 0.264 e. The number of ether oxygens (including phenoxy) is 1. The van der Waals surface area contributed by atoms with E-state index in [-0.39, 0.29) is 12.2 Å². The summed E-state index contributed by atoms with van der Waals surface area (Å²) in [5, 5.41) is 0. The first-order valence-corrected chi connectivity index (χ1v) is 5.74. The Kier molecular flexibility index (Phi) is 3.09. The van der Waals surface area contributed by atoms with Crippen molar-refractivity contribution in [3.8, 4) is 0 Å². The Bertz CT molecular complexity index is 234. The van der Waals surface area contributed by atoms with Crippen LogP contribution in [0.4, 0.5) is 0 Å². The number of rotatable bonds is 3. The molecule has 2 unspecified atom stereocenters. The Hall–Kier alpha value is -0.130. The van der Waals surface area contributed by atoms with E-state index in [9.17, 15) is 8.42 Å². The molecule has 5 heteroatoms. The SMILES string of the molecule is COC1CCC(OS(C)(=O)=O)C1. The average Bonchev–Trinajstić information content (AvgIpc) is 2.32. The third-order valence-electron chi connectivity index (χ3n) is 1.98. The van der Waals surface area contributed by atoms with Gasteiger partial charge in [-0.25, -0.2) is 0 Å². The molecule has 0 heterocycles. The summed E-state index contributed by atoms with van der Waals surface area (Å²) in [5.74, 6) is 0. The molecule has 0 N–H and O–H groups in total. The van der Waals surface area contributed by atoms with Crippen LogP contribution in [-0.4, -0.2) is 34.0 Å². The van der Waals surface area contributed by atoms with Crippen molar-refractivity contribution in [3.05, 3.63) is 0 Å². The molecule has 0 saturated heterocycles. The zero-order valence-corrected chi connectivity index (χ0v) is 8.13. The minimum Gasteiger partial charge on any atom is -0.381 e. The van der Waals surface area contributed by atoms with Crippen LogP contribution in [0.5, 0.6) is 0 Å². The molecule has 1 aliphatic rings. The molecule has 12 heavy (non-hydrogen) atoms. The average molecular weight is 194 g/mol. The van der Waals surface area contributed by atoms with Crippen LogP contribution >= 0.6 is 0 Å². The van der Waals surface area contributed by atoms with Gasteiger partial charge < -0.3 is 4.74 Å². The van der Waals surface area contributed by atoms with Gasteiger partial charge in [0.25, 0.3) is 10.1 Å². The van der Waals surface area contributed by atoms with E-state index in [2.05, 4.69) is 0 Å². The Morgan fingerprint density at radius 3 is 2.25 bits per heavy atom. The van der Waals surface area contributed by atoms with Gasteiger partial charge in [-0.1, -0.05) is 0 Å². The molecule has 1 aliphatic carbocycles. The number of methoxy groups -OCH3 is 1. The van der Waals surface area contributed by atoms with Crippen molar-refractivity contribution in [2.45, 2.75) is 31.5 Å². The standard InChI is InChI=1S/C7H14O4S/c1-10-6-3-4-7(5-6)11-12(2,8)9/h6-7H,3-5H2,1-2H3. The van der Waals surface area contributed by atoms with Gasteiger partial charge in [0.2, 0.25) is 0 Å². The quantitative estimate of drug-likeness (QED) is 0.615. The highest BCUT2D eigenvalue weighted by Gasteiger charge is 2.27. The molecular weight excluding hydrogens is 180 g/mol. The van der Waals surface area contributed by atoms with Crippen LogP contribution in [0.25, 0.3) is 0 Å². The minimum atomic E-state index is -3.29. The van der Waals surface area contributed by atoms with E-state index in [0.717, 1.165) is 19.1 Å². The van der Waals surface area contributed by atoms with Crippen molar-refractivity contribution in [1.82, 2.24) is 0 Å². The van der Waals surface area contributed by atoms with Crippen LogP contribution in [0.2, 0.25) is 0 Å². The molecular formula is C7H14O4S. The van der Waals surface area contributed by atoms with Gasteiger partial charge in [0.05, 0.1) is 18.5 Å². The zero-order valence-electron chi connectivity index (χ0n) is 7.32. The van der Waals surface area contributed by atoms with Gasteiger partial charge in [-0.15, -0.1) is 0 Å². The Balaban J connectivity index is 2.38. The van der Waals surface area contributed by atoms with Gasteiger partial charge in [0, 0.05) is 13.5 Å². The first kappa shape index (κ1) is 9.95. The summed E-state index contributed by atoms with van der Waals surface area (Å²) in [6.07, 6.45) is 3.40. The third-order valence-corrected chi connectivity index (χ3v) is 2.60. The lowest BCUT2D eigenvalue weighted by molar-refractivity contribution is 0.0960. The first-order chi connectivity index (χ1) is 5.51. The molecule has 1 saturated carbocycles. The lowest BCUT2D eigenvalue weighted by Gasteiger charge is -2.09. The van der Waals surface area contributed by atoms with Crippen LogP contribution in [0.3, 0.4) is 0 Å². The minimum absolute atomic E-state index is 0.164. The van der Waals surface area contributed by atoms with Crippen molar-refractivity contribution < 1.29 is 17.3 Å². The van der Waals surface area contributed by atoms with Gasteiger partial charge in [-0.2, -0.15) is 8.42 Å². The molecule has 0 aliphatic heterocycles. The molecule has 4 nitrogen and oxygen atoms in total. The zero-order chi connectivity index (χ0) is 9.19. The smallest absolute Gasteiger partial charge is 0.264 e. The molecule has 0 bridgehead atoms. The molecule has 72 valence electrons. The molecule has 2 atom stereocenters. The maximum atomic E-state index is 10.7. The summed E-state index contributed by atoms with van der Waals surface area (Å²) >= 11 is 0. The summed E-state index contributed by atoms with van der Waals surface area (Å²) in [6.45, 7) is 0. The molecule has 0 aromatic rings. The molecule has 1 rings (SSSR count). The fraction of sp³-hybridized carbons (Fsp3) is 1.00. The molecule has 0 aromatic carbocycles. The molecule has 0 radical (unpaired) electrons. The van der Waals surface area contributed by atoms with E-state index in [1.807, 2.05) is 0 Å². The highest BCUT2D eigenvalue weighted by Crippen LogP contribution is 2.24. The Labute approximate surface area is 73.0 Å². The normalized spacial score (nSPS) is 30.8. The predicted octanol–water partition coefficient (Wildman–Crippen LogP) is 0.530. The summed E-state index contributed by atoms with van der Waals surface area (Å²) in [6, 6.07) is 0. The Morgan fingerprint density at radius 2 is 1.83 bits per heavy atom. The summed E-state index contributed by atoms with van der Waals surface area (Å²) in [5.41, 5.74) is 0. The van der Waals surface area contributed by atoms with Gasteiger partial charge in [-0.05, 0) is 12.8 Å². The maximum absolute atomic E-state index is 10.7. The predicted molar refractivity (Wildman–Crippen MR) is 44.4 cm³/mol. The topological polar surface area (TPSA) is 52.6 Å². The lowest BCUT2D eigenvalue weighted by Crippen LogP contribution is -2.15. The van der Waals surface area contributed by atoms with E-state index in [4.69, 9.17) is 8.92 Å². The fourth-order valence-corrected chi connectivity index (χ4v) is 2.12. The first-order valence-electron chi connectivity index (χ1n) is 3.92. The van der Waals surface area contributed by atoms with E-state index in [1.54, 1.807) is 7.11 Å². The van der Waals surface area contributed by atoms with Gasteiger partial charge in [0.15, 0.2) is 0 Å². The second-order valence-electron chi connectivity index (χ2n) is 3.09. The van der Waals surface area contributed by atoms with Crippen molar-refractivity contribution in [2.75, 3.05) is 13.4 Å². The summed E-state index contributed by atoms with van der Waals surface area (Å²) in [7, 11) is -1.66. The monoisotopic (exact) mass is 194 g/mol. The van der Waals surface area contributed by atoms with Crippen LogP contribution in [0.15, 0.2) is 0 Å². The largest absolute Gasteiger partial charge is 0.381 e. The van der Waals surface area contributed by atoms with Crippen LogP contribution < -0.4 is 0 Å². The second kappa shape index (κ2) is 3.72. The van der Waals surface area contributed by atoms with Crippen LogP contribution in [0, 0.1) is 0 Å². The molecule has 0 amide bonds.